The van der Waals surface area contributed by atoms with Crippen LogP contribution in [0, 0.1) is 11.9 Å². The fourth-order valence-corrected chi connectivity index (χ4v) is 3.86. The van der Waals surface area contributed by atoms with E-state index in [9.17, 15) is 4.39 Å². The van der Waals surface area contributed by atoms with Gasteiger partial charge in [-0.15, -0.1) is 29.8 Å². The van der Waals surface area contributed by atoms with Gasteiger partial charge < -0.3 is 4.57 Å². The minimum Gasteiger partial charge on any atom is -0.340 e. The first-order valence-electron chi connectivity index (χ1n) is 10.4. The number of hydrogen-bond donors (Lipinski definition) is 0. The Bertz CT molecular complexity index is 1120. The summed E-state index contributed by atoms with van der Waals surface area (Å²) >= 11 is 0. The van der Waals surface area contributed by atoms with Gasteiger partial charge in [-0.3, -0.25) is 9.37 Å². The zero-order valence-electron chi connectivity index (χ0n) is 18.2. The summed E-state index contributed by atoms with van der Waals surface area (Å²) in [6, 6.07) is 22.7. The van der Waals surface area contributed by atoms with Gasteiger partial charge in [-0.25, -0.2) is 0 Å². The molecular weight excluding hydrogens is 564 g/mol. The second-order valence-corrected chi connectivity index (χ2v) is 8.22. The molecule has 0 amide bonds. The van der Waals surface area contributed by atoms with Crippen LogP contribution in [0.3, 0.4) is 0 Å². The number of hydrogen-bond acceptors (Lipinski definition) is 1. The topological polar surface area (TPSA) is 17.8 Å². The minimum atomic E-state index is -0.296. The molecule has 0 saturated heterocycles. The number of halogens is 1. The summed E-state index contributed by atoms with van der Waals surface area (Å²) < 4.78 is 15.6. The monoisotopic (exact) mass is 590 g/mol. The van der Waals surface area contributed by atoms with E-state index in [1.165, 1.54) is 34.4 Å². The van der Waals surface area contributed by atoms with Crippen molar-refractivity contribution in [3.8, 4) is 28.2 Å². The van der Waals surface area contributed by atoms with Crippen molar-refractivity contribution in [3.63, 3.8) is 0 Å². The zero-order valence-corrected chi connectivity index (χ0v) is 20.6. The Morgan fingerprint density at radius 1 is 0.871 bits per heavy atom. The largest absolute Gasteiger partial charge is 0.340 e. The van der Waals surface area contributed by atoms with Crippen LogP contribution in [-0.2, 0) is 20.1 Å². The Hall–Kier alpha value is -2.55. The summed E-state index contributed by atoms with van der Waals surface area (Å²) in [5, 5.41) is 0. The van der Waals surface area contributed by atoms with E-state index in [0.29, 0.717) is 11.8 Å². The summed E-state index contributed by atoms with van der Waals surface area (Å²) in [6.07, 6.45) is 3.79. The molecular formula is C27H26FIrN2-. The zero-order chi connectivity index (χ0) is 21.3. The van der Waals surface area contributed by atoms with E-state index in [-0.39, 0.29) is 25.9 Å². The molecule has 0 atom stereocenters. The first kappa shape index (κ1) is 23.1. The van der Waals surface area contributed by atoms with Crippen LogP contribution in [0.5, 0.6) is 0 Å². The summed E-state index contributed by atoms with van der Waals surface area (Å²) in [6.45, 7) is 8.88. The smallest absolute Gasteiger partial charge is 0.0602 e. The molecule has 1 aromatic heterocycles. The van der Waals surface area contributed by atoms with Crippen LogP contribution >= 0.6 is 0 Å². The summed E-state index contributed by atoms with van der Waals surface area (Å²) in [5.41, 5.74) is 6.90. The van der Waals surface area contributed by atoms with E-state index in [2.05, 4.69) is 79.7 Å². The molecule has 4 aromatic rings. The molecule has 0 unspecified atom stereocenters. The fourth-order valence-electron chi connectivity index (χ4n) is 3.86. The molecule has 31 heavy (non-hydrogen) atoms. The maximum Gasteiger partial charge on any atom is 0.0602 e. The molecule has 4 rings (SSSR count). The first-order chi connectivity index (χ1) is 14.5. The van der Waals surface area contributed by atoms with Gasteiger partial charge in [0, 0.05) is 44.0 Å². The third kappa shape index (κ3) is 4.71. The molecule has 0 bridgehead atoms. The predicted octanol–water partition coefficient (Wildman–Crippen LogP) is 7.39. The normalized spacial score (nSPS) is 11.1. The average Bonchev–Trinajstić information content (AvgIpc) is 3.23. The Morgan fingerprint density at radius 3 is 2.06 bits per heavy atom. The first-order valence-corrected chi connectivity index (χ1v) is 10.4. The predicted molar refractivity (Wildman–Crippen MR) is 121 cm³/mol. The number of imidazole rings is 1. The maximum atomic E-state index is 13.4. The van der Waals surface area contributed by atoms with Crippen molar-refractivity contribution >= 4 is 0 Å². The second kappa shape index (κ2) is 9.72. The average molecular weight is 590 g/mol. The number of rotatable bonds is 5. The molecule has 3 aromatic carbocycles. The van der Waals surface area contributed by atoms with Crippen LogP contribution < -0.4 is 0 Å². The second-order valence-electron chi connectivity index (χ2n) is 8.22. The number of aromatic nitrogens is 2. The quantitative estimate of drug-likeness (QED) is 0.222. The van der Waals surface area contributed by atoms with Gasteiger partial charge in [-0.2, -0.15) is 0 Å². The van der Waals surface area contributed by atoms with E-state index in [0.717, 1.165) is 17.1 Å². The summed E-state index contributed by atoms with van der Waals surface area (Å²) in [7, 11) is 0. The van der Waals surface area contributed by atoms with Crippen molar-refractivity contribution in [2.75, 3.05) is 0 Å². The molecule has 0 spiro atoms. The molecule has 0 saturated carbocycles. The van der Waals surface area contributed by atoms with Crippen molar-refractivity contribution in [3.05, 3.63) is 96.1 Å². The molecule has 1 radical (unpaired) electrons. The van der Waals surface area contributed by atoms with Crippen LogP contribution in [0.2, 0.25) is 0 Å². The Labute approximate surface area is 197 Å². The van der Waals surface area contributed by atoms with E-state index >= 15 is 0 Å². The minimum absolute atomic E-state index is 0. The van der Waals surface area contributed by atoms with Crippen molar-refractivity contribution in [1.82, 2.24) is 9.55 Å². The van der Waals surface area contributed by atoms with Gasteiger partial charge in [0.1, 0.15) is 0 Å². The molecule has 2 nitrogen and oxygen atoms in total. The molecule has 1 heterocycles. The molecule has 161 valence electrons. The third-order valence-electron chi connectivity index (χ3n) is 5.42. The number of nitrogens with zero attached hydrogens (tertiary/aromatic N) is 2. The van der Waals surface area contributed by atoms with Gasteiger partial charge in [0.15, 0.2) is 0 Å². The van der Waals surface area contributed by atoms with Gasteiger partial charge in [0.25, 0.3) is 0 Å². The SMILES string of the molecule is CC(C)c1cc(-c2ccccc2)cc(C(C)C)c1-n1ccnc1-c1[c-]cc(F)cc1.[Ir]. The van der Waals surface area contributed by atoms with Gasteiger partial charge in [-0.05, 0) is 46.2 Å². The third-order valence-corrected chi connectivity index (χ3v) is 5.42. The van der Waals surface area contributed by atoms with Crippen molar-refractivity contribution in [1.29, 1.82) is 0 Å². The molecule has 0 aliphatic rings. The Kier molecular flexibility index (Phi) is 7.25. The van der Waals surface area contributed by atoms with E-state index in [4.69, 9.17) is 0 Å². The van der Waals surface area contributed by atoms with Crippen LogP contribution in [0.1, 0.15) is 50.7 Å². The molecule has 4 heteroatoms. The van der Waals surface area contributed by atoms with E-state index in [1.54, 1.807) is 12.3 Å². The van der Waals surface area contributed by atoms with Crippen molar-refractivity contribution in [2.24, 2.45) is 0 Å². The number of benzene rings is 3. The summed E-state index contributed by atoms with van der Waals surface area (Å²) in [5.74, 6) is 1.13. The van der Waals surface area contributed by atoms with Crippen LogP contribution in [-0.4, -0.2) is 9.55 Å². The summed E-state index contributed by atoms with van der Waals surface area (Å²) in [4.78, 5) is 4.58. The standard InChI is InChI=1S/C27H26FN2.Ir/c1-18(2)24-16-22(20-8-6-5-7-9-20)17-25(19(3)4)26(24)30-15-14-29-27(30)21-10-12-23(28)13-11-21;/h5-10,12-19H,1-4H3;/q-1;. The Balaban J connectivity index is 0.00000272. The molecule has 0 aliphatic carbocycles. The van der Waals surface area contributed by atoms with Crippen LogP contribution in [0.25, 0.3) is 28.2 Å². The fraction of sp³-hybridized carbons (Fsp3) is 0.222. The van der Waals surface area contributed by atoms with Gasteiger partial charge >= 0.3 is 0 Å². The van der Waals surface area contributed by atoms with E-state index < -0.39 is 0 Å². The van der Waals surface area contributed by atoms with Gasteiger partial charge in [-0.1, -0.05) is 58.0 Å². The van der Waals surface area contributed by atoms with Gasteiger partial charge in [0.05, 0.1) is 5.82 Å². The molecule has 0 fully saturated rings. The van der Waals surface area contributed by atoms with Crippen molar-refractivity contribution in [2.45, 2.75) is 39.5 Å². The maximum absolute atomic E-state index is 13.4. The Morgan fingerprint density at radius 2 is 1.52 bits per heavy atom. The van der Waals surface area contributed by atoms with E-state index in [1.807, 2.05) is 12.3 Å². The molecule has 0 aliphatic heterocycles. The van der Waals surface area contributed by atoms with Gasteiger partial charge in [0.2, 0.25) is 0 Å². The molecule has 0 N–H and O–H groups in total. The van der Waals surface area contributed by atoms with Crippen LogP contribution in [0.4, 0.5) is 4.39 Å². The van der Waals surface area contributed by atoms with Crippen molar-refractivity contribution < 1.29 is 24.5 Å². The van der Waals surface area contributed by atoms with Crippen LogP contribution in [0.15, 0.2) is 73.1 Å².